The summed E-state index contributed by atoms with van der Waals surface area (Å²) in [6.45, 7) is 4.97. The van der Waals surface area contributed by atoms with Crippen molar-refractivity contribution in [3.63, 3.8) is 0 Å². The first-order chi connectivity index (χ1) is 10.1. The van der Waals surface area contributed by atoms with Gasteiger partial charge in [-0.3, -0.25) is 4.79 Å². The van der Waals surface area contributed by atoms with E-state index in [2.05, 4.69) is 23.3 Å². The van der Waals surface area contributed by atoms with Crippen LogP contribution in [0.25, 0.3) is 0 Å². The van der Waals surface area contributed by atoms with E-state index in [9.17, 15) is 4.79 Å². The number of hydrogen-bond donors (Lipinski definition) is 1. The molecule has 0 saturated carbocycles. The van der Waals surface area contributed by atoms with E-state index in [0.717, 1.165) is 44.7 Å². The highest BCUT2D eigenvalue weighted by atomic mass is 16.2. The molecule has 0 spiro atoms. The largest absolute Gasteiger partial charge is 0.341 e. The summed E-state index contributed by atoms with van der Waals surface area (Å²) in [5.41, 5.74) is 3.43. The van der Waals surface area contributed by atoms with Gasteiger partial charge >= 0.3 is 0 Å². The summed E-state index contributed by atoms with van der Waals surface area (Å²) in [5, 5.41) is 3.37. The highest BCUT2D eigenvalue weighted by Crippen LogP contribution is 2.21. The first-order valence-electron chi connectivity index (χ1n) is 7.90. The van der Waals surface area contributed by atoms with Crippen molar-refractivity contribution in [2.75, 3.05) is 40.3 Å². The predicted molar refractivity (Wildman–Crippen MR) is 84.4 cm³/mol. The summed E-state index contributed by atoms with van der Waals surface area (Å²) in [5.74, 6) is 0.799. The molecule has 1 saturated heterocycles. The molecule has 114 valence electrons. The van der Waals surface area contributed by atoms with Crippen LogP contribution >= 0.6 is 0 Å². The molecule has 1 atom stereocenters. The lowest BCUT2D eigenvalue weighted by atomic mass is 9.94. The summed E-state index contributed by atoms with van der Waals surface area (Å²) in [6.07, 6.45) is 2.15. The van der Waals surface area contributed by atoms with E-state index in [-0.39, 0.29) is 5.91 Å². The molecule has 3 rings (SSSR count). The lowest BCUT2D eigenvalue weighted by Gasteiger charge is -2.25. The van der Waals surface area contributed by atoms with Gasteiger partial charge in [-0.25, -0.2) is 0 Å². The van der Waals surface area contributed by atoms with Gasteiger partial charge in [-0.15, -0.1) is 0 Å². The molecule has 4 heteroatoms. The Morgan fingerprint density at radius 1 is 1.48 bits per heavy atom. The van der Waals surface area contributed by atoms with E-state index in [4.69, 9.17) is 0 Å². The average molecular weight is 287 g/mol. The zero-order chi connectivity index (χ0) is 14.8. The van der Waals surface area contributed by atoms with Crippen LogP contribution in [0.5, 0.6) is 0 Å². The second-order valence-electron chi connectivity index (χ2n) is 6.47. The smallest absolute Gasteiger partial charge is 0.253 e. The number of nitrogens with zero attached hydrogens (tertiary/aromatic N) is 2. The zero-order valence-electron chi connectivity index (χ0n) is 13.1. The molecule has 1 N–H and O–H groups in total. The summed E-state index contributed by atoms with van der Waals surface area (Å²) in [6, 6.07) is 6.13. The zero-order valence-corrected chi connectivity index (χ0v) is 13.1. The van der Waals surface area contributed by atoms with Crippen molar-refractivity contribution in [3.8, 4) is 0 Å². The monoisotopic (exact) mass is 287 g/mol. The number of benzene rings is 1. The molecule has 21 heavy (non-hydrogen) atoms. The maximum absolute atomic E-state index is 12.8. The van der Waals surface area contributed by atoms with Gasteiger partial charge in [-0.2, -0.15) is 0 Å². The van der Waals surface area contributed by atoms with Gasteiger partial charge in [0.15, 0.2) is 0 Å². The molecule has 1 aromatic rings. The highest BCUT2D eigenvalue weighted by molar-refractivity contribution is 5.96. The van der Waals surface area contributed by atoms with Crippen molar-refractivity contribution in [2.24, 2.45) is 5.92 Å². The maximum Gasteiger partial charge on any atom is 0.253 e. The summed E-state index contributed by atoms with van der Waals surface area (Å²) >= 11 is 0. The molecular formula is C17H25N3O. The molecule has 2 heterocycles. The van der Waals surface area contributed by atoms with Crippen LogP contribution in [0.15, 0.2) is 18.2 Å². The van der Waals surface area contributed by atoms with Crippen LogP contribution in [0.2, 0.25) is 0 Å². The molecule has 0 radical (unpaired) electrons. The first-order valence-corrected chi connectivity index (χ1v) is 7.90. The SMILES string of the molecule is CN1CCC(CN(C)C(=O)c2cccc3c2CCNC3)C1. The van der Waals surface area contributed by atoms with Crippen LogP contribution in [0, 0.1) is 5.92 Å². The van der Waals surface area contributed by atoms with Gasteiger partial charge in [0.25, 0.3) is 5.91 Å². The van der Waals surface area contributed by atoms with Crippen molar-refractivity contribution in [1.29, 1.82) is 0 Å². The number of amides is 1. The molecule has 0 bridgehead atoms. The number of rotatable bonds is 3. The molecule has 4 nitrogen and oxygen atoms in total. The Hall–Kier alpha value is -1.39. The van der Waals surface area contributed by atoms with Gasteiger partial charge in [0.05, 0.1) is 0 Å². The Bertz CT molecular complexity index is 529. The predicted octanol–water partition coefficient (Wildman–Crippen LogP) is 1.36. The van der Waals surface area contributed by atoms with Crippen molar-refractivity contribution >= 4 is 5.91 Å². The van der Waals surface area contributed by atoms with Crippen LogP contribution in [0.4, 0.5) is 0 Å². The molecule has 1 unspecified atom stereocenters. The quantitative estimate of drug-likeness (QED) is 0.912. The van der Waals surface area contributed by atoms with E-state index in [1.54, 1.807) is 0 Å². The van der Waals surface area contributed by atoms with Crippen molar-refractivity contribution in [2.45, 2.75) is 19.4 Å². The molecular weight excluding hydrogens is 262 g/mol. The van der Waals surface area contributed by atoms with Gasteiger partial charge in [0.2, 0.25) is 0 Å². The fourth-order valence-corrected chi connectivity index (χ4v) is 3.58. The van der Waals surface area contributed by atoms with E-state index in [1.165, 1.54) is 17.5 Å². The summed E-state index contributed by atoms with van der Waals surface area (Å²) < 4.78 is 0. The van der Waals surface area contributed by atoms with Crippen molar-refractivity contribution in [1.82, 2.24) is 15.1 Å². The number of fused-ring (bicyclic) bond motifs is 1. The maximum atomic E-state index is 12.8. The van der Waals surface area contributed by atoms with Gasteiger partial charge in [-0.1, -0.05) is 12.1 Å². The normalized spacial score (nSPS) is 22.1. The average Bonchev–Trinajstić information content (AvgIpc) is 2.91. The van der Waals surface area contributed by atoms with Gasteiger partial charge in [-0.05, 0) is 56.1 Å². The van der Waals surface area contributed by atoms with Crippen LogP contribution in [-0.4, -0.2) is 56.0 Å². The van der Waals surface area contributed by atoms with Crippen molar-refractivity contribution in [3.05, 3.63) is 34.9 Å². The highest BCUT2D eigenvalue weighted by Gasteiger charge is 2.25. The van der Waals surface area contributed by atoms with Crippen LogP contribution in [0.1, 0.15) is 27.9 Å². The Morgan fingerprint density at radius 2 is 2.33 bits per heavy atom. The number of nitrogens with one attached hydrogen (secondary N) is 1. The second-order valence-corrected chi connectivity index (χ2v) is 6.47. The van der Waals surface area contributed by atoms with E-state index < -0.39 is 0 Å². The number of likely N-dealkylation sites (tertiary alicyclic amines) is 1. The molecule has 2 aliphatic rings. The van der Waals surface area contributed by atoms with E-state index in [1.807, 2.05) is 24.1 Å². The molecule has 1 fully saturated rings. The third-order valence-electron chi connectivity index (χ3n) is 4.74. The minimum atomic E-state index is 0.184. The van der Waals surface area contributed by atoms with Gasteiger partial charge in [0.1, 0.15) is 0 Å². The lowest BCUT2D eigenvalue weighted by Crippen LogP contribution is -2.34. The fraction of sp³-hybridized carbons (Fsp3) is 0.588. The molecule has 0 aromatic heterocycles. The number of hydrogen-bond acceptors (Lipinski definition) is 3. The van der Waals surface area contributed by atoms with Crippen LogP contribution in [-0.2, 0) is 13.0 Å². The van der Waals surface area contributed by atoms with Gasteiger partial charge < -0.3 is 15.1 Å². The minimum absolute atomic E-state index is 0.184. The fourth-order valence-electron chi connectivity index (χ4n) is 3.58. The van der Waals surface area contributed by atoms with E-state index in [0.29, 0.717) is 5.92 Å². The molecule has 1 aromatic carbocycles. The Balaban J connectivity index is 1.72. The number of carbonyl (C=O) groups excluding carboxylic acids is 1. The molecule has 0 aliphatic carbocycles. The topological polar surface area (TPSA) is 35.6 Å². The Labute approximate surface area is 127 Å². The minimum Gasteiger partial charge on any atom is -0.341 e. The Kier molecular flexibility index (Phi) is 4.27. The standard InChI is InChI=1S/C17H25N3O/c1-19-9-7-13(11-19)12-20(2)17(21)16-5-3-4-14-10-18-8-6-15(14)16/h3-5,13,18H,6-12H2,1-2H3. The van der Waals surface area contributed by atoms with Crippen LogP contribution < -0.4 is 5.32 Å². The first kappa shape index (κ1) is 14.5. The summed E-state index contributed by atoms with van der Waals surface area (Å²) in [7, 11) is 4.10. The lowest BCUT2D eigenvalue weighted by molar-refractivity contribution is 0.0772. The van der Waals surface area contributed by atoms with E-state index >= 15 is 0 Å². The molecule has 1 amide bonds. The second kappa shape index (κ2) is 6.16. The third-order valence-corrected chi connectivity index (χ3v) is 4.74. The van der Waals surface area contributed by atoms with Crippen molar-refractivity contribution < 1.29 is 4.79 Å². The number of carbonyl (C=O) groups is 1. The Morgan fingerprint density at radius 3 is 3.10 bits per heavy atom. The third kappa shape index (κ3) is 3.11. The van der Waals surface area contributed by atoms with Crippen LogP contribution in [0.3, 0.4) is 0 Å². The molecule has 2 aliphatic heterocycles. The summed E-state index contributed by atoms with van der Waals surface area (Å²) in [4.78, 5) is 17.0. The van der Waals surface area contributed by atoms with Gasteiger partial charge in [0, 0.05) is 32.2 Å².